The van der Waals surface area contributed by atoms with Crippen LogP contribution in [-0.2, 0) is 0 Å². The van der Waals surface area contributed by atoms with Crippen LogP contribution in [0.25, 0.3) is 0 Å². The van der Waals surface area contributed by atoms with Gasteiger partial charge in [0, 0.05) is 12.4 Å². The van der Waals surface area contributed by atoms with E-state index in [2.05, 4.69) is 15.3 Å². The lowest BCUT2D eigenvalue weighted by atomic mass is 10.4. The fourth-order valence-electron chi connectivity index (χ4n) is 0.627. The van der Waals surface area contributed by atoms with Crippen LogP contribution in [0.3, 0.4) is 0 Å². The highest BCUT2D eigenvalue weighted by molar-refractivity contribution is 5.91. The van der Waals surface area contributed by atoms with Gasteiger partial charge in [-0.15, -0.1) is 0 Å². The van der Waals surface area contributed by atoms with Crippen molar-refractivity contribution in [3.05, 3.63) is 24.3 Å². The number of carbonyl (C=O) groups excluding carboxylic acids is 1. The van der Waals surface area contributed by atoms with Crippen LogP contribution < -0.4 is 5.32 Å². The second-order valence-electron chi connectivity index (χ2n) is 1.93. The number of nitrogens with zero attached hydrogens (tertiary/aromatic N) is 3. The fourth-order valence-corrected chi connectivity index (χ4v) is 0.627. The van der Waals surface area contributed by atoms with Gasteiger partial charge >= 0.3 is 0 Å². The average Bonchev–Trinajstić information content (AvgIpc) is 2.15. The van der Waals surface area contributed by atoms with Gasteiger partial charge in [0.2, 0.25) is 0 Å². The van der Waals surface area contributed by atoms with Gasteiger partial charge in [-0.25, -0.2) is 4.98 Å². The van der Waals surface area contributed by atoms with Crippen LogP contribution in [0, 0.1) is 11.3 Å². The Morgan fingerprint density at radius 1 is 1.67 bits per heavy atom. The molecule has 0 atom stereocenters. The SMILES string of the molecule is N#CCNC(=O)c1cnccn1. The zero-order valence-electron chi connectivity index (χ0n) is 6.19. The maximum atomic E-state index is 11.0. The Morgan fingerprint density at radius 2 is 2.50 bits per heavy atom. The first kappa shape index (κ1) is 8.14. The maximum Gasteiger partial charge on any atom is 0.272 e. The third-order valence-corrected chi connectivity index (χ3v) is 1.12. The summed E-state index contributed by atoms with van der Waals surface area (Å²) in [6.07, 6.45) is 4.23. The molecule has 5 nitrogen and oxygen atoms in total. The highest BCUT2D eigenvalue weighted by Gasteiger charge is 2.03. The standard InChI is InChI=1S/C7H6N4O/c8-1-2-11-7(12)6-5-9-3-4-10-6/h3-5H,2H2,(H,11,12). The second-order valence-corrected chi connectivity index (χ2v) is 1.93. The largest absolute Gasteiger partial charge is 0.338 e. The Hall–Kier alpha value is -1.96. The van der Waals surface area contributed by atoms with E-state index in [-0.39, 0.29) is 18.1 Å². The van der Waals surface area contributed by atoms with Crippen LogP contribution >= 0.6 is 0 Å². The normalized spacial score (nSPS) is 8.58. The number of rotatable bonds is 2. The molecule has 0 aromatic carbocycles. The van der Waals surface area contributed by atoms with Gasteiger partial charge in [-0.1, -0.05) is 0 Å². The Labute approximate surface area is 69.1 Å². The van der Waals surface area contributed by atoms with Gasteiger partial charge in [0.25, 0.3) is 5.91 Å². The summed E-state index contributed by atoms with van der Waals surface area (Å²) in [5.74, 6) is -0.385. The van der Waals surface area contributed by atoms with Crippen LogP contribution in [0.2, 0.25) is 0 Å². The fraction of sp³-hybridized carbons (Fsp3) is 0.143. The minimum Gasteiger partial charge on any atom is -0.338 e. The molecule has 0 saturated heterocycles. The third kappa shape index (κ3) is 2.02. The molecule has 1 N–H and O–H groups in total. The van der Waals surface area contributed by atoms with Gasteiger partial charge in [0.1, 0.15) is 12.2 Å². The molecule has 1 rings (SSSR count). The van der Waals surface area contributed by atoms with E-state index in [1.54, 1.807) is 6.07 Å². The molecule has 1 amide bonds. The van der Waals surface area contributed by atoms with Crippen LogP contribution in [0.5, 0.6) is 0 Å². The maximum absolute atomic E-state index is 11.0. The molecular weight excluding hydrogens is 156 g/mol. The van der Waals surface area contributed by atoms with Gasteiger partial charge in [-0.3, -0.25) is 9.78 Å². The van der Waals surface area contributed by atoms with Crippen molar-refractivity contribution in [2.45, 2.75) is 0 Å². The molecule has 0 aliphatic heterocycles. The van der Waals surface area contributed by atoms with Crippen molar-refractivity contribution in [1.82, 2.24) is 15.3 Å². The molecule has 1 heterocycles. The van der Waals surface area contributed by atoms with E-state index in [1.165, 1.54) is 18.6 Å². The molecule has 60 valence electrons. The number of aromatic nitrogens is 2. The first-order valence-corrected chi connectivity index (χ1v) is 3.26. The summed E-state index contributed by atoms with van der Waals surface area (Å²) in [7, 11) is 0. The number of hydrogen-bond acceptors (Lipinski definition) is 4. The summed E-state index contributed by atoms with van der Waals surface area (Å²) in [6.45, 7) is -0.0184. The monoisotopic (exact) mass is 162 g/mol. The van der Waals surface area contributed by atoms with E-state index < -0.39 is 0 Å². The van der Waals surface area contributed by atoms with Crippen LogP contribution in [0.1, 0.15) is 10.5 Å². The highest BCUT2D eigenvalue weighted by Crippen LogP contribution is 1.88. The summed E-state index contributed by atoms with van der Waals surface area (Å²) < 4.78 is 0. The number of nitrogens with one attached hydrogen (secondary N) is 1. The second kappa shape index (κ2) is 4.03. The number of amides is 1. The zero-order valence-corrected chi connectivity index (χ0v) is 6.19. The summed E-state index contributed by atoms with van der Waals surface area (Å²) in [4.78, 5) is 18.5. The quantitative estimate of drug-likeness (QED) is 0.607. The lowest BCUT2D eigenvalue weighted by Gasteiger charge is -1.97. The van der Waals surface area contributed by atoms with E-state index in [0.29, 0.717) is 0 Å². The lowest BCUT2D eigenvalue weighted by Crippen LogP contribution is -2.24. The van der Waals surface area contributed by atoms with Gasteiger partial charge in [-0.2, -0.15) is 5.26 Å². The van der Waals surface area contributed by atoms with Crippen molar-refractivity contribution >= 4 is 5.91 Å². The van der Waals surface area contributed by atoms with Crippen molar-refractivity contribution in [1.29, 1.82) is 5.26 Å². The predicted octanol–water partition coefficient (Wildman–Crippen LogP) is -0.270. The smallest absolute Gasteiger partial charge is 0.272 e. The van der Waals surface area contributed by atoms with Crippen molar-refractivity contribution < 1.29 is 4.79 Å². The number of nitriles is 1. The van der Waals surface area contributed by atoms with E-state index >= 15 is 0 Å². The van der Waals surface area contributed by atoms with Crippen LogP contribution in [-0.4, -0.2) is 22.4 Å². The topological polar surface area (TPSA) is 78.7 Å². The molecule has 0 saturated carbocycles. The van der Waals surface area contributed by atoms with Crippen molar-refractivity contribution in [2.24, 2.45) is 0 Å². The molecule has 0 fully saturated rings. The van der Waals surface area contributed by atoms with Crippen molar-refractivity contribution in [3.63, 3.8) is 0 Å². The first-order chi connectivity index (χ1) is 5.84. The van der Waals surface area contributed by atoms with E-state index in [9.17, 15) is 4.79 Å². The van der Waals surface area contributed by atoms with Gasteiger partial charge < -0.3 is 5.32 Å². The molecule has 1 aromatic rings. The Kier molecular flexibility index (Phi) is 2.73. The van der Waals surface area contributed by atoms with Gasteiger partial charge in [0.05, 0.1) is 12.3 Å². The van der Waals surface area contributed by atoms with Gasteiger partial charge in [-0.05, 0) is 0 Å². The Morgan fingerprint density at radius 3 is 3.08 bits per heavy atom. The summed E-state index contributed by atoms with van der Waals surface area (Å²) in [6, 6.07) is 1.79. The average molecular weight is 162 g/mol. The first-order valence-electron chi connectivity index (χ1n) is 3.26. The molecule has 0 unspecified atom stereocenters. The highest BCUT2D eigenvalue weighted by atomic mass is 16.1. The molecule has 1 aromatic heterocycles. The summed E-state index contributed by atoms with van der Waals surface area (Å²) in [5, 5.41) is 10.5. The van der Waals surface area contributed by atoms with Crippen molar-refractivity contribution in [3.8, 4) is 6.07 Å². The minimum atomic E-state index is -0.385. The number of carbonyl (C=O) groups is 1. The molecule has 5 heteroatoms. The molecule has 0 spiro atoms. The molecular formula is C7H6N4O. The molecule has 0 radical (unpaired) electrons. The van der Waals surface area contributed by atoms with E-state index in [0.717, 1.165) is 0 Å². The lowest BCUT2D eigenvalue weighted by molar-refractivity contribution is 0.0953. The van der Waals surface area contributed by atoms with Crippen molar-refractivity contribution in [2.75, 3.05) is 6.54 Å². The Balaban J connectivity index is 2.61. The summed E-state index contributed by atoms with van der Waals surface area (Å²) in [5.41, 5.74) is 0.216. The molecule has 12 heavy (non-hydrogen) atoms. The Bertz CT molecular complexity index is 303. The van der Waals surface area contributed by atoms with E-state index in [1.807, 2.05) is 0 Å². The van der Waals surface area contributed by atoms with E-state index in [4.69, 9.17) is 5.26 Å². The predicted molar refractivity (Wildman–Crippen MR) is 40.0 cm³/mol. The molecule has 0 aliphatic rings. The number of hydrogen-bond donors (Lipinski definition) is 1. The minimum absolute atomic E-state index is 0.0184. The van der Waals surface area contributed by atoms with Crippen LogP contribution in [0.4, 0.5) is 0 Å². The van der Waals surface area contributed by atoms with Crippen LogP contribution in [0.15, 0.2) is 18.6 Å². The van der Waals surface area contributed by atoms with Gasteiger partial charge in [0.15, 0.2) is 0 Å². The summed E-state index contributed by atoms with van der Waals surface area (Å²) >= 11 is 0. The zero-order chi connectivity index (χ0) is 8.81. The molecule has 0 bridgehead atoms. The molecule has 0 aliphatic carbocycles. The third-order valence-electron chi connectivity index (χ3n) is 1.12.